The number of halogens is 1. The fraction of sp³-hybridized carbons (Fsp3) is 0.750. The van der Waals surface area contributed by atoms with Crippen LogP contribution in [-0.2, 0) is 14.3 Å². The van der Waals surface area contributed by atoms with Crippen LogP contribution in [0.4, 0.5) is 0 Å². The standard InChI is InChI=1S/C12H17ClO4/c1-3-16-11-6-5-7(12(11)17-4-2)10(15)8(13)9(6)14/h6-7,11-12,14H,3-5H2,1-2H3/t6-,7+,11-,12+/m0/s1. The third-order valence-electron chi connectivity index (χ3n) is 3.47. The molecule has 2 aliphatic carbocycles. The fourth-order valence-electron chi connectivity index (χ4n) is 2.78. The van der Waals surface area contributed by atoms with Crippen LogP contribution in [0.2, 0.25) is 0 Å². The summed E-state index contributed by atoms with van der Waals surface area (Å²) in [6, 6.07) is 0. The fourth-order valence-corrected chi connectivity index (χ4v) is 3.06. The largest absolute Gasteiger partial charge is 0.510 e. The van der Waals surface area contributed by atoms with Gasteiger partial charge in [-0.25, -0.2) is 0 Å². The molecule has 0 saturated heterocycles. The van der Waals surface area contributed by atoms with E-state index in [4.69, 9.17) is 21.1 Å². The summed E-state index contributed by atoms with van der Waals surface area (Å²) in [5, 5.41) is 9.87. The summed E-state index contributed by atoms with van der Waals surface area (Å²) in [6.45, 7) is 4.81. The third kappa shape index (κ3) is 1.98. The highest BCUT2D eigenvalue weighted by atomic mass is 35.5. The first-order valence-electron chi connectivity index (χ1n) is 5.97. The molecule has 1 N–H and O–H groups in total. The average Bonchev–Trinajstić information content (AvgIpc) is 2.63. The molecular formula is C12H17ClO4. The van der Waals surface area contributed by atoms with Gasteiger partial charge in [-0.05, 0) is 20.3 Å². The van der Waals surface area contributed by atoms with Crippen molar-refractivity contribution in [3.8, 4) is 0 Å². The number of ketones is 1. The number of allylic oxidation sites excluding steroid dienone is 1. The SMILES string of the molecule is CCO[C@@H]1[C@H](OCC)[C@@H]2C[C@H]1C(O)=C(Cl)C2=O. The zero-order chi connectivity index (χ0) is 12.6. The molecule has 2 bridgehead atoms. The molecule has 0 amide bonds. The number of ether oxygens (including phenoxy) is 2. The molecule has 0 aromatic heterocycles. The Hall–Kier alpha value is -0.580. The van der Waals surface area contributed by atoms with E-state index >= 15 is 0 Å². The highest BCUT2D eigenvalue weighted by molar-refractivity contribution is 6.43. The molecule has 2 aliphatic rings. The predicted molar refractivity (Wildman–Crippen MR) is 62.9 cm³/mol. The smallest absolute Gasteiger partial charge is 0.183 e. The van der Waals surface area contributed by atoms with Gasteiger partial charge in [0.2, 0.25) is 0 Å². The highest BCUT2D eigenvalue weighted by Gasteiger charge is 2.54. The van der Waals surface area contributed by atoms with Crippen molar-refractivity contribution in [2.75, 3.05) is 13.2 Å². The predicted octanol–water partition coefficient (Wildman–Crippen LogP) is 2.02. The molecule has 0 spiro atoms. The van der Waals surface area contributed by atoms with Crippen molar-refractivity contribution < 1.29 is 19.4 Å². The van der Waals surface area contributed by atoms with Crippen LogP contribution in [0.5, 0.6) is 0 Å². The van der Waals surface area contributed by atoms with Crippen LogP contribution in [0.15, 0.2) is 10.8 Å². The summed E-state index contributed by atoms with van der Waals surface area (Å²) < 4.78 is 11.2. The van der Waals surface area contributed by atoms with Crippen molar-refractivity contribution in [2.24, 2.45) is 11.8 Å². The Morgan fingerprint density at radius 1 is 1.24 bits per heavy atom. The Morgan fingerprint density at radius 2 is 1.76 bits per heavy atom. The van der Waals surface area contributed by atoms with E-state index in [1.165, 1.54) is 0 Å². The quantitative estimate of drug-likeness (QED) is 0.840. The Bertz CT molecular complexity index is 352. The van der Waals surface area contributed by atoms with E-state index < -0.39 is 0 Å². The van der Waals surface area contributed by atoms with Gasteiger partial charge in [0.1, 0.15) is 10.8 Å². The Kier molecular flexibility index (Phi) is 3.76. The average molecular weight is 261 g/mol. The van der Waals surface area contributed by atoms with Gasteiger partial charge in [0.15, 0.2) is 5.78 Å². The van der Waals surface area contributed by atoms with Gasteiger partial charge in [0.05, 0.1) is 18.1 Å². The van der Waals surface area contributed by atoms with Crippen LogP contribution in [0.1, 0.15) is 20.3 Å². The third-order valence-corrected chi connectivity index (χ3v) is 3.85. The zero-order valence-electron chi connectivity index (χ0n) is 9.98. The normalized spacial score (nSPS) is 36.8. The van der Waals surface area contributed by atoms with Crippen molar-refractivity contribution in [3.63, 3.8) is 0 Å². The summed E-state index contributed by atoms with van der Waals surface area (Å²) in [5.41, 5.74) is 0. The first kappa shape index (κ1) is 12.9. The lowest BCUT2D eigenvalue weighted by molar-refractivity contribution is -0.126. The van der Waals surface area contributed by atoms with E-state index in [1.54, 1.807) is 0 Å². The molecule has 96 valence electrons. The monoisotopic (exact) mass is 260 g/mol. The molecule has 0 heterocycles. The van der Waals surface area contributed by atoms with Crippen LogP contribution in [0.3, 0.4) is 0 Å². The molecule has 4 nitrogen and oxygen atoms in total. The molecule has 1 saturated carbocycles. The molecule has 0 radical (unpaired) electrons. The Balaban J connectivity index is 2.30. The van der Waals surface area contributed by atoms with E-state index in [2.05, 4.69) is 0 Å². The van der Waals surface area contributed by atoms with Crippen LogP contribution in [-0.4, -0.2) is 36.3 Å². The molecule has 4 atom stereocenters. The van der Waals surface area contributed by atoms with Gasteiger partial charge in [-0.2, -0.15) is 0 Å². The molecule has 0 aromatic rings. The first-order chi connectivity index (χ1) is 8.11. The number of aliphatic hydroxyl groups excluding tert-OH is 1. The van der Waals surface area contributed by atoms with E-state index in [9.17, 15) is 9.90 Å². The van der Waals surface area contributed by atoms with Gasteiger partial charge >= 0.3 is 0 Å². The van der Waals surface area contributed by atoms with E-state index in [0.29, 0.717) is 19.6 Å². The van der Waals surface area contributed by atoms with Crippen molar-refractivity contribution in [1.82, 2.24) is 0 Å². The second kappa shape index (κ2) is 4.96. The molecule has 0 aromatic carbocycles. The van der Waals surface area contributed by atoms with Crippen LogP contribution < -0.4 is 0 Å². The van der Waals surface area contributed by atoms with Crippen molar-refractivity contribution in [2.45, 2.75) is 32.5 Å². The maximum atomic E-state index is 11.9. The molecule has 2 rings (SSSR count). The lowest BCUT2D eigenvalue weighted by atomic mass is 9.92. The summed E-state index contributed by atoms with van der Waals surface area (Å²) in [5.74, 6) is -0.740. The molecule has 0 unspecified atom stereocenters. The number of aliphatic hydroxyl groups is 1. The minimum absolute atomic E-state index is 0.0337. The van der Waals surface area contributed by atoms with Gasteiger partial charge in [0.25, 0.3) is 0 Å². The van der Waals surface area contributed by atoms with E-state index in [-0.39, 0.29) is 40.6 Å². The van der Waals surface area contributed by atoms with Crippen molar-refractivity contribution in [1.29, 1.82) is 0 Å². The number of carbonyl (C=O) groups excluding carboxylic acids is 1. The van der Waals surface area contributed by atoms with Gasteiger partial charge in [-0.3, -0.25) is 4.79 Å². The zero-order valence-corrected chi connectivity index (χ0v) is 10.7. The summed E-state index contributed by atoms with van der Waals surface area (Å²) in [7, 11) is 0. The van der Waals surface area contributed by atoms with Crippen molar-refractivity contribution >= 4 is 17.4 Å². The molecule has 1 fully saturated rings. The number of Topliss-reactive ketones (excluding diaryl/α,β-unsaturated/α-hetero) is 1. The molecule has 0 aliphatic heterocycles. The number of hydrogen-bond acceptors (Lipinski definition) is 4. The number of rotatable bonds is 4. The second-order valence-corrected chi connectivity index (χ2v) is 4.73. The van der Waals surface area contributed by atoms with Gasteiger partial charge in [0, 0.05) is 19.1 Å². The molecular weight excluding hydrogens is 244 g/mol. The van der Waals surface area contributed by atoms with Crippen molar-refractivity contribution in [3.05, 3.63) is 10.8 Å². The van der Waals surface area contributed by atoms with E-state index in [0.717, 1.165) is 0 Å². The minimum Gasteiger partial charge on any atom is -0.510 e. The highest BCUT2D eigenvalue weighted by Crippen LogP contribution is 2.46. The first-order valence-corrected chi connectivity index (χ1v) is 6.35. The van der Waals surface area contributed by atoms with Gasteiger partial charge < -0.3 is 14.6 Å². The summed E-state index contributed by atoms with van der Waals surface area (Å²) in [6.07, 6.45) is -0.00282. The molecule has 17 heavy (non-hydrogen) atoms. The van der Waals surface area contributed by atoms with Crippen LogP contribution in [0.25, 0.3) is 0 Å². The maximum absolute atomic E-state index is 11.9. The summed E-state index contributed by atoms with van der Waals surface area (Å²) >= 11 is 5.85. The van der Waals surface area contributed by atoms with Crippen LogP contribution >= 0.6 is 11.6 Å². The Morgan fingerprint density at radius 3 is 2.29 bits per heavy atom. The topological polar surface area (TPSA) is 55.8 Å². The molecule has 5 heteroatoms. The summed E-state index contributed by atoms with van der Waals surface area (Å²) in [4.78, 5) is 11.9. The van der Waals surface area contributed by atoms with E-state index in [1.807, 2.05) is 13.8 Å². The number of fused-ring (bicyclic) bond motifs is 2. The number of hydrogen-bond donors (Lipinski definition) is 1. The second-order valence-electron chi connectivity index (χ2n) is 4.35. The lowest BCUT2D eigenvalue weighted by Gasteiger charge is -2.23. The van der Waals surface area contributed by atoms with Gasteiger partial charge in [-0.15, -0.1) is 0 Å². The van der Waals surface area contributed by atoms with Gasteiger partial charge in [-0.1, -0.05) is 11.6 Å². The lowest BCUT2D eigenvalue weighted by Crippen LogP contribution is -2.35. The maximum Gasteiger partial charge on any atom is 0.183 e. The Labute approximate surface area is 106 Å². The minimum atomic E-state index is -0.296. The number of carbonyl (C=O) groups is 1. The van der Waals surface area contributed by atoms with Crippen LogP contribution in [0, 0.1) is 11.8 Å².